The molecule has 21 heavy (non-hydrogen) atoms. The third kappa shape index (κ3) is 3.99. The summed E-state index contributed by atoms with van der Waals surface area (Å²) in [7, 11) is 0. The van der Waals surface area contributed by atoms with Crippen LogP contribution in [0.5, 0.6) is 11.5 Å². The number of phenolic OH excluding ortho intramolecular Hbond substituents is 1. The summed E-state index contributed by atoms with van der Waals surface area (Å²) in [5.41, 5.74) is 7.27. The lowest BCUT2D eigenvalue weighted by Crippen LogP contribution is -1.95. The number of hydrogen-bond donors (Lipinski definition) is 2. The highest BCUT2D eigenvalue weighted by atomic mass is 16.5. The Labute approximate surface area is 125 Å². The molecule has 4 nitrogen and oxygen atoms in total. The number of aryl methyl sites for hydroxylation is 2. The van der Waals surface area contributed by atoms with Crippen molar-refractivity contribution >= 4 is 11.9 Å². The molecule has 0 saturated carbocycles. The van der Waals surface area contributed by atoms with Gasteiger partial charge in [0.05, 0.1) is 18.5 Å². The second-order valence-electron chi connectivity index (χ2n) is 4.83. The zero-order chi connectivity index (χ0) is 15.2. The average Bonchev–Trinajstić information content (AvgIpc) is 2.46. The van der Waals surface area contributed by atoms with E-state index < -0.39 is 0 Å². The fourth-order valence-electron chi connectivity index (χ4n) is 1.87. The van der Waals surface area contributed by atoms with Gasteiger partial charge in [0, 0.05) is 0 Å². The van der Waals surface area contributed by atoms with Crippen molar-refractivity contribution in [3.63, 3.8) is 0 Å². The average molecular weight is 284 g/mol. The number of rotatable bonds is 5. The molecule has 0 atom stereocenters. The van der Waals surface area contributed by atoms with Crippen molar-refractivity contribution in [1.29, 1.82) is 0 Å². The predicted molar refractivity (Wildman–Crippen MR) is 86.4 cm³/mol. The van der Waals surface area contributed by atoms with Gasteiger partial charge < -0.3 is 9.84 Å². The number of phenols is 1. The molecule has 0 aliphatic carbocycles. The molecule has 2 aromatic rings. The standard InChI is InChI=1S/C17H20N2O2/c1-4-21-17-10-14(6-8-16(17)20)11-18-19-15-7-5-12(2)13(3)9-15/h5-11,19-20H,4H2,1-3H3. The minimum atomic E-state index is 0.135. The third-order valence-corrected chi connectivity index (χ3v) is 3.20. The van der Waals surface area contributed by atoms with E-state index in [1.54, 1.807) is 24.4 Å². The zero-order valence-electron chi connectivity index (χ0n) is 12.6. The summed E-state index contributed by atoms with van der Waals surface area (Å²) < 4.78 is 5.34. The first kappa shape index (κ1) is 14.9. The van der Waals surface area contributed by atoms with Gasteiger partial charge >= 0.3 is 0 Å². The van der Waals surface area contributed by atoms with Gasteiger partial charge in [-0.15, -0.1) is 0 Å². The Kier molecular flexibility index (Phi) is 4.82. The van der Waals surface area contributed by atoms with Gasteiger partial charge in [0.15, 0.2) is 11.5 Å². The van der Waals surface area contributed by atoms with E-state index in [0.29, 0.717) is 12.4 Å². The van der Waals surface area contributed by atoms with Crippen LogP contribution in [0.25, 0.3) is 0 Å². The van der Waals surface area contributed by atoms with Gasteiger partial charge in [-0.25, -0.2) is 0 Å². The molecule has 2 N–H and O–H groups in total. The molecule has 0 aliphatic rings. The molecule has 0 radical (unpaired) electrons. The maximum Gasteiger partial charge on any atom is 0.161 e. The van der Waals surface area contributed by atoms with Crippen LogP contribution in [0.15, 0.2) is 41.5 Å². The minimum Gasteiger partial charge on any atom is -0.504 e. The molecule has 4 heteroatoms. The molecule has 0 fully saturated rings. The number of benzene rings is 2. The molecule has 110 valence electrons. The maximum absolute atomic E-state index is 9.64. The highest BCUT2D eigenvalue weighted by molar-refractivity contribution is 5.81. The number of aromatic hydroxyl groups is 1. The largest absolute Gasteiger partial charge is 0.504 e. The molecule has 0 unspecified atom stereocenters. The predicted octanol–water partition coefficient (Wildman–Crippen LogP) is 3.85. The van der Waals surface area contributed by atoms with Crippen LogP contribution < -0.4 is 10.2 Å². The molecule has 0 aliphatic heterocycles. The number of ether oxygens (including phenoxy) is 1. The smallest absolute Gasteiger partial charge is 0.161 e. The Balaban J connectivity index is 2.07. The van der Waals surface area contributed by atoms with Crippen LogP contribution in [-0.2, 0) is 0 Å². The van der Waals surface area contributed by atoms with Gasteiger partial charge in [0.25, 0.3) is 0 Å². The van der Waals surface area contributed by atoms with Crippen molar-refractivity contribution in [2.24, 2.45) is 5.10 Å². The van der Waals surface area contributed by atoms with E-state index in [1.165, 1.54) is 11.1 Å². The van der Waals surface area contributed by atoms with Gasteiger partial charge in [-0.3, -0.25) is 5.43 Å². The number of hydrazone groups is 1. The van der Waals surface area contributed by atoms with Gasteiger partial charge in [-0.1, -0.05) is 6.07 Å². The van der Waals surface area contributed by atoms with E-state index in [1.807, 2.05) is 13.0 Å². The third-order valence-electron chi connectivity index (χ3n) is 3.20. The number of nitrogens with one attached hydrogen (secondary N) is 1. The fourth-order valence-corrected chi connectivity index (χ4v) is 1.87. The minimum absolute atomic E-state index is 0.135. The molecule has 0 spiro atoms. The number of hydrogen-bond acceptors (Lipinski definition) is 4. The van der Waals surface area contributed by atoms with Crippen molar-refractivity contribution in [3.05, 3.63) is 53.1 Å². The summed E-state index contributed by atoms with van der Waals surface area (Å²) in [5, 5.41) is 13.8. The van der Waals surface area contributed by atoms with Crippen molar-refractivity contribution in [2.45, 2.75) is 20.8 Å². The SMILES string of the molecule is CCOc1cc(C=NNc2ccc(C)c(C)c2)ccc1O. The number of nitrogens with zero attached hydrogens (tertiary/aromatic N) is 1. The molecule has 0 aromatic heterocycles. The van der Waals surface area contributed by atoms with Crippen molar-refractivity contribution in [3.8, 4) is 11.5 Å². The topological polar surface area (TPSA) is 53.8 Å². The second kappa shape index (κ2) is 6.79. The first-order valence-electron chi connectivity index (χ1n) is 6.92. The van der Waals surface area contributed by atoms with Gasteiger partial charge in [-0.05, 0) is 67.8 Å². The lowest BCUT2D eigenvalue weighted by molar-refractivity contribution is 0.318. The first-order valence-corrected chi connectivity index (χ1v) is 6.92. The maximum atomic E-state index is 9.64. The van der Waals surface area contributed by atoms with Crippen LogP contribution in [0.4, 0.5) is 5.69 Å². The second-order valence-corrected chi connectivity index (χ2v) is 4.83. The lowest BCUT2D eigenvalue weighted by Gasteiger charge is -2.06. The molecule has 0 saturated heterocycles. The van der Waals surface area contributed by atoms with E-state index >= 15 is 0 Å². The van der Waals surface area contributed by atoms with E-state index in [-0.39, 0.29) is 5.75 Å². The molecular formula is C17H20N2O2. The van der Waals surface area contributed by atoms with Gasteiger partial charge in [-0.2, -0.15) is 5.10 Å². The van der Waals surface area contributed by atoms with Crippen LogP contribution in [0, 0.1) is 13.8 Å². The highest BCUT2D eigenvalue weighted by Gasteiger charge is 2.02. The quantitative estimate of drug-likeness (QED) is 0.647. The Morgan fingerprint density at radius 2 is 1.95 bits per heavy atom. The molecular weight excluding hydrogens is 264 g/mol. The van der Waals surface area contributed by atoms with Crippen molar-refractivity contribution in [2.75, 3.05) is 12.0 Å². The summed E-state index contributed by atoms with van der Waals surface area (Å²) >= 11 is 0. The van der Waals surface area contributed by atoms with Crippen LogP contribution in [0.2, 0.25) is 0 Å². The highest BCUT2D eigenvalue weighted by Crippen LogP contribution is 2.26. The normalized spacial score (nSPS) is 10.8. The van der Waals surface area contributed by atoms with Crippen molar-refractivity contribution in [1.82, 2.24) is 0 Å². The van der Waals surface area contributed by atoms with Gasteiger partial charge in [0.2, 0.25) is 0 Å². The van der Waals surface area contributed by atoms with E-state index in [2.05, 4.69) is 36.5 Å². The van der Waals surface area contributed by atoms with Crippen LogP contribution in [0.3, 0.4) is 0 Å². The zero-order valence-corrected chi connectivity index (χ0v) is 12.6. The van der Waals surface area contributed by atoms with Crippen molar-refractivity contribution < 1.29 is 9.84 Å². The Morgan fingerprint density at radius 1 is 1.14 bits per heavy atom. The molecule has 2 aromatic carbocycles. The molecule has 0 bridgehead atoms. The Hall–Kier alpha value is -2.49. The van der Waals surface area contributed by atoms with E-state index in [4.69, 9.17) is 4.74 Å². The summed E-state index contributed by atoms with van der Waals surface area (Å²) in [6.07, 6.45) is 1.69. The van der Waals surface area contributed by atoms with E-state index in [0.717, 1.165) is 11.3 Å². The lowest BCUT2D eigenvalue weighted by atomic mass is 10.1. The van der Waals surface area contributed by atoms with Crippen LogP contribution in [-0.4, -0.2) is 17.9 Å². The molecule has 0 amide bonds. The van der Waals surface area contributed by atoms with Gasteiger partial charge in [0.1, 0.15) is 0 Å². The Bertz CT molecular complexity index is 651. The molecule has 0 heterocycles. The monoisotopic (exact) mass is 284 g/mol. The van der Waals surface area contributed by atoms with Crippen LogP contribution in [0.1, 0.15) is 23.6 Å². The van der Waals surface area contributed by atoms with Crippen LogP contribution >= 0.6 is 0 Å². The summed E-state index contributed by atoms with van der Waals surface area (Å²) in [4.78, 5) is 0. The summed E-state index contributed by atoms with van der Waals surface area (Å²) in [5.74, 6) is 0.601. The van der Waals surface area contributed by atoms with E-state index in [9.17, 15) is 5.11 Å². The fraction of sp³-hybridized carbons (Fsp3) is 0.235. The number of anilines is 1. The first-order chi connectivity index (χ1) is 10.1. The summed E-state index contributed by atoms with van der Waals surface area (Å²) in [6, 6.07) is 11.2. The molecule has 2 rings (SSSR count). The Morgan fingerprint density at radius 3 is 2.67 bits per heavy atom. The summed E-state index contributed by atoms with van der Waals surface area (Å²) in [6.45, 7) is 6.53.